The van der Waals surface area contributed by atoms with Crippen molar-refractivity contribution in [2.24, 2.45) is 11.8 Å². The smallest absolute Gasteiger partial charge is 0.136 e. The Kier molecular flexibility index (Phi) is 5.76. The van der Waals surface area contributed by atoms with Crippen molar-refractivity contribution >= 4 is 5.78 Å². The van der Waals surface area contributed by atoms with Gasteiger partial charge in [-0.25, -0.2) is 0 Å². The molecule has 2 unspecified atom stereocenters. The van der Waals surface area contributed by atoms with Crippen molar-refractivity contribution in [3.05, 3.63) is 59.3 Å². The van der Waals surface area contributed by atoms with Crippen molar-refractivity contribution in [3.63, 3.8) is 0 Å². The zero-order chi connectivity index (χ0) is 16.1. The van der Waals surface area contributed by atoms with Gasteiger partial charge in [-0.2, -0.15) is 0 Å². The fourth-order valence-corrected chi connectivity index (χ4v) is 3.26. The van der Waals surface area contributed by atoms with Gasteiger partial charge in [0.1, 0.15) is 5.78 Å². The van der Waals surface area contributed by atoms with Crippen LogP contribution in [0.2, 0.25) is 0 Å². The van der Waals surface area contributed by atoms with Gasteiger partial charge < -0.3 is 0 Å². The normalized spacial score (nSPS) is 22.5. The molecular weight excluding hydrogens is 268 g/mol. The van der Waals surface area contributed by atoms with Crippen LogP contribution >= 0.6 is 0 Å². The highest BCUT2D eigenvalue weighted by Gasteiger charge is 2.22. The van der Waals surface area contributed by atoms with Crippen LogP contribution in [0.15, 0.2) is 59.3 Å². The van der Waals surface area contributed by atoms with E-state index in [1.165, 1.54) is 22.3 Å². The fraction of sp³-hybridized carbons (Fsp3) is 0.476. The average Bonchev–Trinajstić information content (AvgIpc) is 2.53. The molecule has 2 aliphatic carbocycles. The summed E-state index contributed by atoms with van der Waals surface area (Å²) in [4.78, 5) is 11.5. The number of hydrogen-bond acceptors (Lipinski definition) is 1. The second-order valence-electron chi connectivity index (χ2n) is 6.59. The van der Waals surface area contributed by atoms with E-state index >= 15 is 0 Å². The molecule has 0 amide bonds. The van der Waals surface area contributed by atoms with Gasteiger partial charge in [-0.1, -0.05) is 55.9 Å². The molecule has 1 nitrogen and oxygen atoms in total. The van der Waals surface area contributed by atoms with Gasteiger partial charge in [0.2, 0.25) is 0 Å². The number of rotatable bonds is 6. The predicted octanol–water partition coefficient (Wildman–Crippen LogP) is 5.72. The van der Waals surface area contributed by atoms with Crippen LogP contribution in [0.5, 0.6) is 0 Å². The van der Waals surface area contributed by atoms with Crippen LogP contribution in [0.1, 0.15) is 52.9 Å². The number of carbonyl (C=O) groups is 1. The number of Topliss-reactive ketones (excluding diaryl/α,β-unsaturated/α-hetero) is 1. The molecule has 22 heavy (non-hydrogen) atoms. The van der Waals surface area contributed by atoms with E-state index in [1.54, 1.807) is 6.92 Å². The largest absolute Gasteiger partial charge is 0.299 e. The van der Waals surface area contributed by atoms with Gasteiger partial charge in [0.25, 0.3) is 0 Å². The molecule has 0 spiro atoms. The Balaban J connectivity index is 2.16. The quantitative estimate of drug-likeness (QED) is 0.613. The molecule has 0 bridgehead atoms. The summed E-state index contributed by atoms with van der Waals surface area (Å²) < 4.78 is 0. The van der Waals surface area contributed by atoms with Crippen LogP contribution in [0.4, 0.5) is 0 Å². The Hall–Kier alpha value is -1.63. The van der Waals surface area contributed by atoms with Crippen molar-refractivity contribution in [2.45, 2.75) is 52.9 Å². The maximum Gasteiger partial charge on any atom is 0.136 e. The minimum atomic E-state index is 0.0683. The molecule has 0 aromatic carbocycles. The molecule has 0 heterocycles. The summed E-state index contributed by atoms with van der Waals surface area (Å²) in [6.45, 7) is 10.5. The summed E-state index contributed by atoms with van der Waals surface area (Å²) >= 11 is 0. The minimum absolute atomic E-state index is 0.0683. The summed E-state index contributed by atoms with van der Waals surface area (Å²) in [7, 11) is 0. The molecule has 0 saturated heterocycles. The lowest BCUT2D eigenvalue weighted by Crippen LogP contribution is -2.14. The minimum Gasteiger partial charge on any atom is -0.299 e. The summed E-state index contributed by atoms with van der Waals surface area (Å²) in [6, 6.07) is 0. The highest BCUT2D eigenvalue weighted by atomic mass is 16.1. The lowest BCUT2D eigenvalue weighted by Gasteiger charge is -2.26. The lowest BCUT2D eigenvalue weighted by molar-refractivity contribution is -0.119. The first-order valence-electron chi connectivity index (χ1n) is 8.47. The van der Waals surface area contributed by atoms with Gasteiger partial charge >= 0.3 is 0 Å². The first-order valence-corrected chi connectivity index (χ1v) is 8.47. The standard InChI is InChI=1S/C21H28O/c1-5-6-21(16(3)18-9-7-15(2)8-10-18)20-13-11-19(12-14-20)17(4)22/h7,9,11,13-14,19,21H,3,5-6,8,10,12H2,1-2,4H3. The molecule has 0 aliphatic heterocycles. The van der Waals surface area contributed by atoms with Gasteiger partial charge in [0.15, 0.2) is 0 Å². The van der Waals surface area contributed by atoms with Crippen molar-refractivity contribution in [3.8, 4) is 0 Å². The Morgan fingerprint density at radius 3 is 2.64 bits per heavy atom. The molecular formula is C21H28O. The first-order chi connectivity index (χ1) is 10.5. The van der Waals surface area contributed by atoms with Gasteiger partial charge in [-0.3, -0.25) is 4.79 Å². The van der Waals surface area contributed by atoms with Crippen LogP contribution in [0.25, 0.3) is 0 Å². The van der Waals surface area contributed by atoms with E-state index in [4.69, 9.17) is 0 Å². The summed E-state index contributed by atoms with van der Waals surface area (Å²) in [5, 5.41) is 0. The summed E-state index contributed by atoms with van der Waals surface area (Å²) in [5.41, 5.74) is 5.45. The van der Waals surface area contributed by atoms with Crippen molar-refractivity contribution in [1.29, 1.82) is 0 Å². The number of hydrogen-bond donors (Lipinski definition) is 0. The monoisotopic (exact) mass is 296 g/mol. The predicted molar refractivity (Wildman–Crippen MR) is 94.6 cm³/mol. The van der Waals surface area contributed by atoms with E-state index < -0.39 is 0 Å². The number of allylic oxidation sites excluding steroid dienone is 9. The Bertz CT molecular complexity index is 569. The molecule has 0 radical (unpaired) electrons. The zero-order valence-electron chi connectivity index (χ0n) is 14.2. The molecule has 0 N–H and O–H groups in total. The van der Waals surface area contributed by atoms with Crippen LogP contribution in [-0.2, 0) is 4.79 Å². The third-order valence-electron chi connectivity index (χ3n) is 4.82. The Morgan fingerprint density at radius 2 is 2.14 bits per heavy atom. The topological polar surface area (TPSA) is 17.1 Å². The lowest BCUT2D eigenvalue weighted by atomic mass is 9.78. The molecule has 2 atom stereocenters. The van der Waals surface area contributed by atoms with E-state index in [-0.39, 0.29) is 11.7 Å². The van der Waals surface area contributed by atoms with E-state index in [1.807, 2.05) is 0 Å². The van der Waals surface area contributed by atoms with Crippen LogP contribution in [0.3, 0.4) is 0 Å². The van der Waals surface area contributed by atoms with Gasteiger partial charge in [0.05, 0.1) is 0 Å². The molecule has 0 aromatic heterocycles. The van der Waals surface area contributed by atoms with E-state index in [0.717, 1.165) is 32.1 Å². The Morgan fingerprint density at radius 1 is 1.36 bits per heavy atom. The van der Waals surface area contributed by atoms with E-state index in [2.05, 4.69) is 50.8 Å². The highest BCUT2D eigenvalue weighted by molar-refractivity contribution is 5.80. The molecule has 0 aromatic rings. The molecule has 1 heteroatoms. The average molecular weight is 296 g/mol. The maximum atomic E-state index is 11.5. The van der Waals surface area contributed by atoms with E-state index in [0.29, 0.717) is 5.92 Å². The fourth-order valence-electron chi connectivity index (χ4n) is 3.26. The first kappa shape index (κ1) is 16.7. The molecule has 2 aliphatic rings. The summed E-state index contributed by atoms with van der Waals surface area (Å²) in [5.74, 6) is 0.721. The Labute approximate surface area is 135 Å². The van der Waals surface area contributed by atoms with Gasteiger partial charge in [-0.05, 0) is 56.3 Å². The third-order valence-corrected chi connectivity index (χ3v) is 4.82. The second-order valence-corrected chi connectivity index (χ2v) is 6.59. The maximum absolute atomic E-state index is 11.5. The zero-order valence-corrected chi connectivity index (χ0v) is 14.2. The molecule has 0 fully saturated rings. The van der Waals surface area contributed by atoms with Crippen molar-refractivity contribution < 1.29 is 4.79 Å². The molecule has 0 saturated carbocycles. The van der Waals surface area contributed by atoms with Crippen molar-refractivity contribution in [2.75, 3.05) is 0 Å². The second kappa shape index (κ2) is 7.58. The summed E-state index contributed by atoms with van der Waals surface area (Å²) in [6.07, 6.45) is 16.3. The number of carbonyl (C=O) groups excluding carboxylic acids is 1. The van der Waals surface area contributed by atoms with Gasteiger partial charge in [-0.15, -0.1) is 0 Å². The van der Waals surface area contributed by atoms with Gasteiger partial charge in [0, 0.05) is 11.8 Å². The third kappa shape index (κ3) is 3.97. The highest BCUT2D eigenvalue weighted by Crippen LogP contribution is 2.36. The van der Waals surface area contributed by atoms with Crippen LogP contribution in [0, 0.1) is 11.8 Å². The number of ketones is 1. The molecule has 118 valence electrons. The molecule has 2 rings (SSSR count). The van der Waals surface area contributed by atoms with E-state index in [9.17, 15) is 4.79 Å². The van der Waals surface area contributed by atoms with Crippen molar-refractivity contribution in [1.82, 2.24) is 0 Å². The van der Waals surface area contributed by atoms with Crippen LogP contribution < -0.4 is 0 Å². The SMILES string of the molecule is C=C(C1=CC=C(C)CC1)C(CCC)C1=CCC(C(C)=O)C=C1. The van der Waals surface area contributed by atoms with Crippen LogP contribution in [-0.4, -0.2) is 5.78 Å².